The Kier molecular flexibility index (Phi) is 6.71. The van der Waals surface area contributed by atoms with Crippen LogP contribution in [0.1, 0.15) is 36.0 Å². The number of thiophene rings is 1. The van der Waals surface area contributed by atoms with E-state index in [-0.39, 0.29) is 30.3 Å². The second-order valence-corrected chi connectivity index (χ2v) is 6.24. The monoisotopic (exact) mass is 361 g/mol. The van der Waals surface area contributed by atoms with E-state index in [0.717, 1.165) is 5.56 Å². The van der Waals surface area contributed by atoms with Crippen LogP contribution in [0.4, 0.5) is 5.00 Å². The number of unbranched alkanes of at least 4 members (excludes halogenated alkanes) is 1. The number of carboxylic acids is 1. The van der Waals surface area contributed by atoms with Gasteiger partial charge in [-0.1, -0.05) is 30.3 Å². The van der Waals surface area contributed by atoms with E-state index in [9.17, 15) is 19.5 Å². The number of esters is 1. The summed E-state index contributed by atoms with van der Waals surface area (Å²) in [6.45, 7) is 0. The Morgan fingerprint density at radius 2 is 1.80 bits per heavy atom. The van der Waals surface area contributed by atoms with Crippen LogP contribution in [0.15, 0.2) is 35.7 Å². The zero-order valence-corrected chi connectivity index (χ0v) is 14.6. The van der Waals surface area contributed by atoms with Crippen molar-refractivity contribution in [1.29, 1.82) is 0 Å². The Bertz CT molecular complexity index is 754. The van der Waals surface area contributed by atoms with Crippen molar-refractivity contribution in [1.82, 2.24) is 0 Å². The van der Waals surface area contributed by atoms with E-state index in [1.807, 2.05) is 30.3 Å². The molecule has 1 amide bonds. The predicted octanol–water partition coefficient (Wildman–Crippen LogP) is 3.79. The minimum absolute atomic E-state index is 0.0964. The van der Waals surface area contributed by atoms with E-state index in [0.29, 0.717) is 23.4 Å². The molecule has 0 bridgehead atoms. The normalized spacial score (nSPS) is 10.3. The first kappa shape index (κ1) is 18.7. The molecule has 1 aromatic heterocycles. The van der Waals surface area contributed by atoms with Gasteiger partial charge in [-0.2, -0.15) is 0 Å². The number of nitrogens with one attached hydrogen (secondary N) is 1. The number of anilines is 1. The fourth-order valence-electron chi connectivity index (χ4n) is 2.34. The van der Waals surface area contributed by atoms with E-state index in [1.165, 1.54) is 18.4 Å². The first-order valence-corrected chi connectivity index (χ1v) is 8.67. The molecule has 0 unspecified atom stereocenters. The van der Waals surface area contributed by atoms with E-state index >= 15 is 0 Å². The highest BCUT2D eigenvalue weighted by atomic mass is 32.1. The summed E-state index contributed by atoms with van der Waals surface area (Å²) in [4.78, 5) is 34.7. The molecule has 2 N–H and O–H groups in total. The SMILES string of the molecule is COC(=O)CCCCC(=O)Nc1scc(-c2ccccc2)c1C(=O)O. The lowest BCUT2D eigenvalue weighted by molar-refractivity contribution is -0.140. The van der Waals surface area contributed by atoms with Gasteiger partial charge in [-0.15, -0.1) is 11.3 Å². The molecule has 2 aromatic rings. The van der Waals surface area contributed by atoms with E-state index < -0.39 is 5.97 Å². The molecule has 132 valence electrons. The summed E-state index contributed by atoms with van der Waals surface area (Å²) >= 11 is 1.19. The zero-order chi connectivity index (χ0) is 18.2. The van der Waals surface area contributed by atoms with Gasteiger partial charge in [-0.3, -0.25) is 9.59 Å². The molecule has 25 heavy (non-hydrogen) atoms. The Labute approximate surface area is 149 Å². The summed E-state index contributed by atoms with van der Waals surface area (Å²) in [7, 11) is 1.32. The maximum Gasteiger partial charge on any atom is 0.339 e. The third kappa shape index (κ3) is 5.15. The van der Waals surface area contributed by atoms with Gasteiger partial charge in [0.15, 0.2) is 0 Å². The number of methoxy groups -OCH3 is 1. The number of carbonyl (C=O) groups excluding carboxylic acids is 2. The summed E-state index contributed by atoms with van der Waals surface area (Å²) in [5.41, 5.74) is 1.47. The average Bonchev–Trinajstić information content (AvgIpc) is 3.03. The first-order chi connectivity index (χ1) is 12.0. The molecule has 0 atom stereocenters. The average molecular weight is 361 g/mol. The molecule has 0 spiro atoms. The molecule has 0 saturated heterocycles. The van der Waals surface area contributed by atoms with Gasteiger partial charge in [-0.25, -0.2) is 4.79 Å². The van der Waals surface area contributed by atoms with E-state index in [4.69, 9.17) is 0 Å². The largest absolute Gasteiger partial charge is 0.478 e. The number of amides is 1. The van der Waals surface area contributed by atoms with Crippen molar-refractivity contribution in [2.24, 2.45) is 0 Å². The molecule has 6 nitrogen and oxygen atoms in total. The number of rotatable bonds is 8. The molecule has 7 heteroatoms. The molecule has 0 aliphatic heterocycles. The van der Waals surface area contributed by atoms with Crippen molar-refractivity contribution in [3.63, 3.8) is 0 Å². The second-order valence-electron chi connectivity index (χ2n) is 5.36. The van der Waals surface area contributed by atoms with Crippen molar-refractivity contribution in [3.05, 3.63) is 41.3 Å². The summed E-state index contributed by atoms with van der Waals surface area (Å²) < 4.78 is 4.54. The van der Waals surface area contributed by atoms with Crippen molar-refractivity contribution in [2.45, 2.75) is 25.7 Å². The van der Waals surface area contributed by atoms with Crippen molar-refractivity contribution in [2.75, 3.05) is 12.4 Å². The molecule has 0 fully saturated rings. The maximum atomic E-state index is 12.0. The Morgan fingerprint density at radius 3 is 2.44 bits per heavy atom. The Balaban J connectivity index is 2.02. The van der Waals surface area contributed by atoms with Gasteiger partial charge in [0.1, 0.15) is 10.6 Å². The van der Waals surface area contributed by atoms with Gasteiger partial charge in [0.2, 0.25) is 5.91 Å². The van der Waals surface area contributed by atoms with Crippen LogP contribution in [-0.2, 0) is 14.3 Å². The number of hydrogen-bond donors (Lipinski definition) is 2. The first-order valence-electron chi connectivity index (χ1n) is 7.79. The minimum Gasteiger partial charge on any atom is -0.478 e. The van der Waals surface area contributed by atoms with Crippen LogP contribution in [0.25, 0.3) is 11.1 Å². The zero-order valence-electron chi connectivity index (χ0n) is 13.8. The van der Waals surface area contributed by atoms with Crippen molar-refractivity contribution >= 4 is 34.2 Å². The molecular weight excluding hydrogens is 342 g/mol. The van der Waals surface area contributed by atoms with Crippen LogP contribution in [-0.4, -0.2) is 30.1 Å². The standard InChI is InChI=1S/C18H19NO5S/c1-24-15(21)10-6-5-9-14(20)19-17-16(18(22)23)13(11-25-17)12-7-3-2-4-8-12/h2-4,7-8,11H,5-6,9-10H2,1H3,(H,19,20)(H,22,23). The number of carbonyl (C=O) groups is 3. The van der Waals surface area contributed by atoms with Crippen LogP contribution in [0, 0.1) is 0 Å². The lowest BCUT2D eigenvalue weighted by atomic mass is 10.0. The molecule has 2 rings (SSSR count). The van der Waals surface area contributed by atoms with Crippen LogP contribution in [0.3, 0.4) is 0 Å². The highest BCUT2D eigenvalue weighted by Gasteiger charge is 2.20. The third-order valence-electron chi connectivity index (χ3n) is 3.61. The van der Waals surface area contributed by atoms with Gasteiger partial charge in [0.05, 0.1) is 7.11 Å². The quantitative estimate of drug-likeness (QED) is 0.551. The predicted molar refractivity (Wildman–Crippen MR) is 95.8 cm³/mol. The highest BCUT2D eigenvalue weighted by Crippen LogP contribution is 2.35. The number of hydrogen-bond acceptors (Lipinski definition) is 5. The maximum absolute atomic E-state index is 12.0. The third-order valence-corrected chi connectivity index (χ3v) is 4.50. The molecule has 0 saturated carbocycles. The molecule has 1 aromatic carbocycles. The van der Waals surface area contributed by atoms with Gasteiger partial charge >= 0.3 is 11.9 Å². The van der Waals surface area contributed by atoms with Gasteiger partial charge in [-0.05, 0) is 18.4 Å². The summed E-state index contributed by atoms with van der Waals surface area (Å²) in [5, 5.41) is 14.2. The molecule has 0 aliphatic carbocycles. The number of aromatic carboxylic acids is 1. The molecule has 0 radical (unpaired) electrons. The molecular formula is C18H19NO5S. The van der Waals surface area contributed by atoms with Crippen LogP contribution >= 0.6 is 11.3 Å². The Hall–Kier alpha value is -2.67. The summed E-state index contributed by atoms with van der Waals surface area (Å²) in [6.07, 6.45) is 1.56. The van der Waals surface area contributed by atoms with E-state index in [2.05, 4.69) is 10.1 Å². The van der Waals surface area contributed by atoms with Crippen LogP contribution < -0.4 is 5.32 Å². The van der Waals surface area contributed by atoms with Gasteiger partial charge < -0.3 is 15.2 Å². The van der Waals surface area contributed by atoms with E-state index in [1.54, 1.807) is 5.38 Å². The lowest BCUT2D eigenvalue weighted by Gasteiger charge is -2.06. The number of benzene rings is 1. The topological polar surface area (TPSA) is 92.7 Å². The lowest BCUT2D eigenvalue weighted by Crippen LogP contribution is -2.13. The van der Waals surface area contributed by atoms with Gasteiger partial charge in [0.25, 0.3) is 0 Å². The molecule has 0 aliphatic rings. The number of ether oxygens (including phenoxy) is 1. The fraction of sp³-hybridized carbons (Fsp3) is 0.278. The summed E-state index contributed by atoms with van der Waals surface area (Å²) in [5.74, 6) is -1.66. The fourth-order valence-corrected chi connectivity index (χ4v) is 3.32. The highest BCUT2D eigenvalue weighted by molar-refractivity contribution is 7.15. The van der Waals surface area contributed by atoms with Crippen molar-refractivity contribution < 1.29 is 24.2 Å². The van der Waals surface area contributed by atoms with Gasteiger partial charge in [0, 0.05) is 23.8 Å². The smallest absolute Gasteiger partial charge is 0.339 e. The number of carboxylic acid groups (broad SMARTS) is 1. The van der Waals surface area contributed by atoms with Crippen LogP contribution in [0.2, 0.25) is 0 Å². The van der Waals surface area contributed by atoms with Crippen molar-refractivity contribution in [3.8, 4) is 11.1 Å². The van der Waals surface area contributed by atoms with Crippen LogP contribution in [0.5, 0.6) is 0 Å². The molecule has 1 heterocycles. The minimum atomic E-state index is -1.08. The second kappa shape index (κ2) is 8.98. The summed E-state index contributed by atoms with van der Waals surface area (Å²) in [6, 6.07) is 9.17. The Morgan fingerprint density at radius 1 is 1.12 bits per heavy atom.